The summed E-state index contributed by atoms with van der Waals surface area (Å²) in [6.07, 6.45) is 1.32. The molecular weight excluding hydrogens is 312 g/mol. The van der Waals surface area contributed by atoms with Gasteiger partial charge < -0.3 is 4.79 Å². The summed E-state index contributed by atoms with van der Waals surface area (Å²) in [6, 6.07) is 1.87. The Bertz CT molecular complexity index is 506. The number of rotatable bonds is 6. The highest BCUT2D eigenvalue weighted by atomic mass is 19.2. The molecular formula is C19H29BF3O. The van der Waals surface area contributed by atoms with Crippen LogP contribution in [-0.4, -0.2) is 13.0 Å². The summed E-state index contributed by atoms with van der Waals surface area (Å²) in [4.78, 5) is 11.1. The van der Waals surface area contributed by atoms with Crippen molar-refractivity contribution in [2.75, 3.05) is 0 Å². The van der Waals surface area contributed by atoms with Crippen molar-refractivity contribution in [3.05, 3.63) is 35.1 Å². The molecule has 0 saturated heterocycles. The van der Waals surface area contributed by atoms with Crippen LogP contribution < -0.4 is 0 Å². The third-order valence-corrected chi connectivity index (χ3v) is 4.31. The maximum atomic E-state index is 13.1. The Hall–Kier alpha value is -1.26. The van der Waals surface area contributed by atoms with Gasteiger partial charge in [-0.2, -0.15) is 0 Å². The molecule has 0 aliphatic heterocycles. The van der Waals surface area contributed by atoms with Crippen molar-refractivity contribution >= 4 is 13.0 Å². The molecule has 0 spiro atoms. The van der Waals surface area contributed by atoms with Crippen LogP contribution in [-0.2, 0) is 4.79 Å². The maximum absolute atomic E-state index is 13.1. The molecule has 0 heterocycles. The minimum absolute atomic E-state index is 0.0110. The molecule has 1 rings (SSSR count). The van der Waals surface area contributed by atoms with E-state index in [1.165, 1.54) is 20.6 Å². The van der Waals surface area contributed by atoms with E-state index in [0.717, 1.165) is 24.0 Å². The summed E-state index contributed by atoms with van der Waals surface area (Å²) in [5, 5.41) is 0. The second-order valence-electron chi connectivity index (χ2n) is 6.98. The highest BCUT2D eigenvalue weighted by Crippen LogP contribution is 2.26. The van der Waals surface area contributed by atoms with E-state index in [1.54, 1.807) is 0 Å². The predicted octanol–water partition coefficient (Wildman–Crippen LogP) is 5.74. The minimum atomic E-state index is -1.49. The van der Waals surface area contributed by atoms with Crippen molar-refractivity contribution in [1.29, 1.82) is 0 Å². The Kier molecular flexibility index (Phi) is 10.0. The summed E-state index contributed by atoms with van der Waals surface area (Å²) in [5.41, 5.74) is 0.0837. The standard InChI is InChI=1S/C12H13BF3O.C7H16/c1-6(2)11(13-7(3)17)8-4-9(14)12(16)10(15)5-8;1-5-7(4)6(2)3/h4-6,11H,1-3H3;6-7H,5H2,1-4H3. The van der Waals surface area contributed by atoms with E-state index < -0.39 is 23.3 Å². The van der Waals surface area contributed by atoms with E-state index in [-0.39, 0.29) is 17.2 Å². The Morgan fingerprint density at radius 2 is 1.46 bits per heavy atom. The molecule has 1 aromatic carbocycles. The van der Waals surface area contributed by atoms with Gasteiger partial charge in [-0.25, -0.2) is 13.2 Å². The zero-order chi connectivity index (χ0) is 19.0. The van der Waals surface area contributed by atoms with E-state index in [0.29, 0.717) is 0 Å². The van der Waals surface area contributed by atoms with Gasteiger partial charge in [-0.3, -0.25) is 0 Å². The highest BCUT2D eigenvalue weighted by Gasteiger charge is 2.22. The van der Waals surface area contributed by atoms with E-state index in [9.17, 15) is 18.0 Å². The van der Waals surface area contributed by atoms with Crippen molar-refractivity contribution in [3.8, 4) is 0 Å². The van der Waals surface area contributed by atoms with Gasteiger partial charge in [0, 0.05) is 0 Å². The molecule has 1 radical (unpaired) electrons. The van der Waals surface area contributed by atoms with Crippen LogP contribution in [0.1, 0.15) is 66.3 Å². The number of halogens is 3. The van der Waals surface area contributed by atoms with Gasteiger partial charge in [0.05, 0.1) is 5.68 Å². The molecule has 5 heteroatoms. The first kappa shape index (κ1) is 22.7. The van der Waals surface area contributed by atoms with Gasteiger partial charge in [0.15, 0.2) is 17.5 Å². The molecule has 1 aromatic rings. The average molecular weight is 341 g/mol. The molecule has 0 N–H and O–H groups in total. The third-order valence-electron chi connectivity index (χ3n) is 4.31. The van der Waals surface area contributed by atoms with Crippen LogP contribution in [0.3, 0.4) is 0 Å². The van der Waals surface area contributed by atoms with Crippen LogP contribution in [0.25, 0.3) is 0 Å². The molecule has 0 amide bonds. The fraction of sp³-hybridized carbons (Fsp3) is 0.632. The molecule has 24 heavy (non-hydrogen) atoms. The van der Waals surface area contributed by atoms with Gasteiger partial charge in [0.1, 0.15) is 0 Å². The van der Waals surface area contributed by atoms with Crippen LogP contribution >= 0.6 is 0 Å². The molecule has 0 aromatic heterocycles. The molecule has 0 aliphatic rings. The number of hydrogen-bond acceptors (Lipinski definition) is 1. The van der Waals surface area contributed by atoms with Crippen LogP contribution in [0.5, 0.6) is 0 Å². The summed E-state index contributed by atoms with van der Waals surface area (Å²) >= 11 is 0. The lowest BCUT2D eigenvalue weighted by molar-refractivity contribution is -0.110. The van der Waals surface area contributed by atoms with Gasteiger partial charge in [0.2, 0.25) is 7.28 Å². The third kappa shape index (κ3) is 7.54. The summed E-state index contributed by atoms with van der Waals surface area (Å²) in [6.45, 7) is 14.1. The Morgan fingerprint density at radius 1 is 1.00 bits per heavy atom. The van der Waals surface area contributed by atoms with Crippen LogP contribution in [0.4, 0.5) is 13.2 Å². The molecule has 1 nitrogen and oxygen atoms in total. The smallest absolute Gasteiger partial charge is 0.210 e. The van der Waals surface area contributed by atoms with Gasteiger partial charge in [-0.05, 0) is 48.2 Å². The topological polar surface area (TPSA) is 17.1 Å². The number of carbonyl (C=O) groups is 1. The SMILES string of the molecule is CC(=O)[B]C(c1cc(F)c(F)c(F)c1)C(C)C.CCC(C)C(C)C. The van der Waals surface area contributed by atoms with Crippen molar-refractivity contribution in [2.45, 2.75) is 60.7 Å². The quantitative estimate of drug-likeness (QED) is 0.476. The lowest BCUT2D eigenvalue weighted by Crippen LogP contribution is -2.21. The lowest BCUT2D eigenvalue weighted by atomic mass is 9.55. The van der Waals surface area contributed by atoms with Gasteiger partial charge in [-0.1, -0.05) is 48.0 Å². The molecule has 0 bridgehead atoms. The van der Waals surface area contributed by atoms with Gasteiger partial charge in [0.25, 0.3) is 0 Å². The van der Waals surface area contributed by atoms with E-state index >= 15 is 0 Å². The first-order chi connectivity index (χ1) is 11.0. The van der Waals surface area contributed by atoms with Gasteiger partial charge >= 0.3 is 0 Å². The van der Waals surface area contributed by atoms with E-state index in [2.05, 4.69) is 27.7 Å². The Labute approximate surface area is 145 Å². The number of benzene rings is 1. The van der Waals surface area contributed by atoms with Crippen LogP contribution in [0.2, 0.25) is 0 Å². The molecule has 135 valence electrons. The predicted molar refractivity (Wildman–Crippen MR) is 94.6 cm³/mol. The normalized spacial score (nSPS) is 13.3. The second kappa shape index (κ2) is 10.6. The largest absolute Gasteiger partial charge is 0.312 e. The van der Waals surface area contributed by atoms with E-state index in [1.807, 2.05) is 13.8 Å². The van der Waals surface area contributed by atoms with Gasteiger partial charge in [-0.15, -0.1) is 0 Å². The zero-order valence-electron chi connectivity index (χ0n) is 15.8. The number of carbonyl (C=O) groups excluding carboxylic acids is 1. The van der Waals surface area contributed by atoms with Crippen molar-refractivity contribution < 1.29 is 18.0 Å². The van der Waals surface area contributed by atoms with Crippen LogP contribution in [0.15, 0.2) is 12.1 Å². The lowest BCUT2D eigenvalue weighted by Gasteiger charge is -2.19. The van der Waals surface area contributed by atoms with Crippen molar-refractivity contribution in [1.82, 2.24) is 0 Å². The fourth-order valence-corrected chi connectivity index (χ4v) is 2.17. The van der Waals surface area contributed by atoms with Crippen molar-refractivity contribution in [2.24, 2.45) is 17.8 Å². The molecule has 0 fully saturated rings. The Morgan fingerprint density at radius 3 is 1.71 bits per heavy atom. The molecule has 0 aliphatic carbocycles. The molecule has 0 saturated carbocycles. The molecule has 2 unspecified atom stereocenters. The maximum Gasteiger partial charge on any atom is 0.210 e. The summed E-state index contributed by atoms with van der Waals surface area (Å²) in [5.74, 6) is -2.62. The molecule has 2 atom stereocenters. The van der Waals surface area contributed by atoms with Crippen molar-refractivity contribution in [3.63, 3.8) is 0 Å². The fourth-order valence-electron chi connectivity index (χ4n) is 2.17. The Balaban J connectivity index is 0.000000640. The summed E-state index contributed by atoms with van der Waals surface area (Å²) in [7, 11) is 1.39. The summed E-state index contributed by atoms with van der Waals surface area (Å²) < 4.78 is 39.0. The monoisotopic (exact) mass is 341 g/mol. The first-order valence-electron chi connectivity index (χ1n) is 8.51. The number of hydrogen-bond donors (Lipinski definition) is 0. The minimum Gasteiger partial charge on any atom is -0.312 e. The van der Waals surface area contributed by atoms with Crippen LogP contribution in [0, 0.1) is 35.2 Å². The highest BCUT2D eigenvalue weighted by molar-refractivity contribution is 6.74. The zero-order valence-corrected chi connectivity index (χ0v) is 15.8. The van der Waals surface area contributed by atoms with E-state index in [4.69, 9.17) is 0 Å². The second-order valence-corrected chi connectivity index (χ2v) is 6.98. The average Bonchev–Trinajstić information content (AvgIpc) is 2.49. The first-order valence-corrected chi connectivity index (χ1v) is 8.51.